The van der Waals surface area contributed by atoms with Crippen molar-refractivity contribution in [1.29, 1.82) is 5.41 Å². The van der Waals surface area contributed by atoms with Gasteiger partial charge in [-0.05, 0) is 11.6 Å². The first kappa shape index (κ1) is 13.0. The molecular weight excluding hydrogens is 316 g/mol. The Morgan fingerprint density at radius 2 is 2.08 bits per heavy atom. The number of amidine groups is 1. The molecule has 0 spiro atoms. The van der Waals surface area contributed by atoms with Crippen LogP contribution >= 0.6 is 44.7 Å². The first-order chi connectivity index (χ1) is 5.70. The van der Waals surface area contributed by atoms with Gasteiger partial charge in [0.15, 0.2) is 5.17 Å². The Kier molecular flexibility index (Phi) is 6.45. The number of nitrogens with one attached hydrogen (secondary N) is 1. The van der Waals surface area contributed by atoms with Gasteiger partial charge >= 0.3 is 0 Å². The quantitative estimate of drug-likeness (QED) is 0.648. The summed E-state index contributed by atoms with van der Waals surface area (Å²) in [6.45, 7) is 0. The Bertz CT molecular complexity index is 291. The van der Waals surface area contributed by atoms with Gasteiger partial charge in [-0.3, -0.25) is 5.41 Å². The maximum atomic E-state index is 7.04. The topological polar surface area (TPSA) is 49.9 Å². The number of hydrogen-bond donors (Lipinski definition) is 2. The minimum absolute atomic E-state index is 0. The Morgan fingerprint density at radius 1 is 1.46 bits per heavy atom. The molecule has 5 heteroatoms. The fraction of sp³-hybridized carbons (Fsp3) is 0.125. The highest BCUT2D eigenvalue weighted by molar-refractivity contribution is 9.10. The lowest BCUT2D eigenvalue weighted by molar-refractivity contribution is 1.38. The van der Waals surface area contributed by atoms with Crippen LogP contribution < -0.4 is 5.73 Å². The number of rotatable bonds is 2. The summed E-state index contributed by atoms with van der Waals surface area (Å²) in [4.78, 5) is 0. The van der Waals surface area contributed by atoms with Gasteiger partial charge in [0, 0.05) is 10.2 Å². The maximum absolute atomic E-state index is 7.04. The largest absolute Gasteiger partial charge is 0.379 e. The summed E-state index contributed by atoms with van der Waals surface area (Å²) in [7, 11) is 0. The van der Waals surface area contributed by atoms with Crippen LogP contribution in [0, 0.1) is 5.41 Å². The summed E-state index contributed by atoms with van der Waals surface area (Å²) in [6, 6.07) is 7.93. The minimum Gasteiger partial charge on any atom is -0.379 e. The van der Waals surface area contributed by atoms with Crippen LogP contribution in [0.3, 0.4) is 0 Å². The van der Waals surface area contributed by atoms with Crippen LogP contribution in [0.25, 0.3) is 0 Å². The van der Waals surface area contributed by atoms with Gasteiger partial charge in [0.1, 0.15) is 0 Å². The van der Waals surface area contributed by atoms with Crippen LogP contribution in [0.15, 0.2) is 28.7 Å². The van der Waals surface area contributed by atoms with E-state index in [9.17, 15) is 0 Å². The number of thioether (sulfide) groups is 1. The maximum Gasteiger partial charge on any atom is 0.151 e. The molecular formula is C8H10Br2N2S. The molecule has 1 rings (SSSR count). The van der Waals surface area contributed by atoms with Gasteiger partial charge in [-0.2, -0.15) is 0 Å². The van der Waals surface area contributed by atoms with Gasteiger partial charge in [-0.1, -0.05) is 45.9 Å². The van der Waals surface area contributed by atoms with E-state index in [4.69, 9.17) is 11.1 Å². The Morgan fingerprint density at radius 3 is 2.62 bits per heavy atom. The highest BCUT2D eigenvalue weighted by Crippen LogP contribution is 2.20. The molecule has 0 atom stereocenters. The Hall–Kier alpha value is -0.000000000000000111. The van der Waals surface area contributed by atoms with E-state index in [0.29, 0.717) is 0 Å². The molecule has 0 aliphatic carbocycles. The lowest BCUT2D eigenvalue weighted by Crippen LogP contribution is -2.03. The van der Waals surface area contributed by atoms with Crippen molar-refractivity contribution < 1.29 is 0 Å². The van der Waals surface area contributed by atoms with Crippen LogP contribution in [0.1, 0.15) is 5.56 Å². The molecule has 0 radical (unpaired) electrons. The smallest absolute Gasteiger partial charge is 0.151 e. The van der Waals surface area contributed by atoms with E-state index >= 15 is 0 Å². The molecule has 72 valence electrons. The van der Waals surface area contributed by atoms with Crippen molar-refractivity contribution in [2.45, 2.75) is 5.75 Å². The van der Waals surface area contributed by atoms with Gasteiger partial charge in [0.05, 0.1) is 0 Å². The summed E-state index contributed by atoms with van der Waals surface area (Å²) >= 11 is 4.75. The predicted molar refractivity (Wildman–Crippen MR) is 67.7 cm³/mol. The summed E-state index contributed by atoms with van der Waals surface area (Å²) in [5, 5.41) is 7.20. The van der Waals surface area contributed by atoms with E-state index in [0.717, 1.165) is 15.8 Å². The van der Waals surface area contributed by atoms with Crippen molar-refractivity contribution in [1.82, 2.24) is 0 Å². The number of hydrogen-bond acceptors (Lipinski definition) is 2. The fourth-order valence-electron chi connectivity index (χ4n) is 0.771. The van der Waals surface area contributed by atoms with E-state index in [-0.39, 0.29) is 22.1 Å². The SMILES string of the molecule is Br.N=C(N)SCc1ccccc1Br. The van der Waals surface area contributed by atoms with E-state index < -0.39 is 0 Å². The van der Waals surface area contributed by atoms with Gasteiger partial charge in [0.2, 0.25) is 0 Å². The van der Waals surface area contributed by atoms with E-state index in [1.165, 1.54) is 11.8 Å². The Labute approximate surface area is 101 Å². The van der Waals surface area contributed by atoms with Crippen LogP contribution in [-0.4, -0.2) is 5.17 Å². The highest BCUT2D eigenvalue weighted by Gasteiger charge is 1.98. The van der Waals surface area contributed by atoms with Gasteiger partial charge in [-0.25, -0.2) is 0 Å². The van der Waals surface area contributed by atoms with Gasteiger partial charge < -0.3 is 5.73 Å². The third-order valence-electron chi connectivity index (χ3n) is 1.34. The van der Waals surface area contributed by atoms with Crippen LogP contribution in [0.4, 0.5) is 0 Å². The zero-order valence-electron chi connectivity index (χ0n) is 6.79. The second-order valence-electron chi connectivity index (χ2n) is 2.24. The van der Waals surface area contributed by atoms with Crippen LogP contribution in [-0.2, 0) is 5.75 Å². The predicted octanol–water partition coefficient (Wildman–Crippen LogP) is 3.15. The zero-order chi connectivity index (χ0) is 8.97. The zero-order valence-corrected chi connectivity index (χ0v) is 10.9. The van der Waals surface area contributed by atoms with Crippen molar-refractivity contribution in [3.05, 3.63) is 34.3 Å². The van der Waals surface area contributed by atoms with Crippen molar-refractivity contribution in [2.75, 3.05) is 0 Å². The minimum atomic E-state index is 0. The Balaban J connectivity index is 0.00000144. The summed E-state index contributed by atoms with van der Waals surface area (Å²) in [5.41, 5.74) is 6.39. The molecule has 0 aliphatic heterocycles. The molecule has 1 aromatic carbocycles. The van der Waals surface area contributed by atoms with Crippen molar-refractivity contribution >= 4 is 49.8 Å². The molecule has 0 heterocycles. The number of benzene rings is 1. The molecule has 0 aromatic heterocycles. The van der Waals surface area contributed by atoms with Crippen molar-refractivity contribution in [2.24, 2.45) is 5.73 Å². The molecule has 0 fully saturated rings. The average Bonchev–Trinajstić information content (AvgIpc) is 2.03. The second kappa shape index (κ2) is 6.45. The third-order valence-corrected chi connectivity index (χ3v) is 2.88. The first-order valence-electron chi connectivity index (χ1n) is 3.40. The lowest BCUT2D eigenvalue weighted by atomic mass is 10.2. The second-order valence-corrected chi connectivity index (χ2v) is 4.12. The van der Waals surface area contributed by atoms with Crippen molar-refractivity contribution in [3.63, 3.8) is 0 Å². The van der Waals surface area contributed by atoms with E-state index in [2.05, 4.69) is 15.9 Å². The molecule has 0 amide bonds. The molecule has 1 aromatic rings. The third kappa shape index (κ3) is 4.69. The van der Waals surface area contributed by atoms with Crippen LogP contribution in [0.5, 0.6) is 0 Å². The summed E-state index contributed by atoms with van der Waals surface area (Å²) in [5.74, 6) is 0.747. The fourth-order valence-corrected chi connectivity index (χ4v) is 1.94. The van der Waals surface area contributed by atoms with E-state index in [1.807, 2.05) is 24.3 Å². The number of halogens is 2. The molecule has 2 nitrogen and oxygen atoms in total. The van der Waals surface area contributed by atoms with E-state index in [1.54, 1.807) is 0 Å². The normalized spacial score (nSPS) is 9.00. The molecule has 0 saturated carbocycles. The first-order valence-corrected chi connectivity index (χ1v) is 5.18. The van der Waals surface area contributed by atoms with Crippen LogP contribution in [0.2, 0.25) is 0 Å². The van der Waals surface area contributed by atoms with Crippen molar-refractivity contribution in [3.8, 4) is 0 Å². The average molecular weight is 326 g/mol. The van der Waals surface area contributed by atoms with Gasteiger partial charge in [-0.15, -0.1) is 17.0 Å². The highest BCUT2D eigenvalue weighted by atomic mass is 79.9. The molecule has 0 bridgehead atoms. The molecule has 0 saturated heterocycles. The summed E-state index contributed by atoms with van der Waals surface area (Å²) in [6.07, 6.45) is 0. The standard InChI is InChI=1S/C8H9BrN2S.BrH/c9-7-4-2-1-3-6(7)5-12-8(10)11;/h1-4H,5H2,(H3,10,11);1H. The van der Waals surface area contributed by atoms with Gasteiger partial charge in [0.25, 0.3) is 0 Å². The molecule has 13 heavy (non-hydrogen) atoms. The molecule has 0 aliphatic rings. The number of nitrogens with two attached hydrogens (primary N) is 1. The molecule has 0 unspecified atom stereocenters. The molecule has 3 N–H and O–H groups in total. The lowest BCUT2D eigenvalue weighted by Gasteiger charge is -2.01. The monoisotopic (exact) mass is 324 g/mol. The summed E-state index contributed by atoms with van der Waals surface area (Å²) < 4.78 is 1.07.